The lowest BCUT2D eigenvalue weighted by atomic mass is 10.2. The Balaban J connectivity index is 2.86. The van der Waals surface area contributed by atoms with Gasteiger partial charge in [-0.1, -0.05) is 6.92 Å². The Labute approximate surface area is 123 Å². The topological polar surface area (TPSA) is 50.7 Å². The summed E-state index contributed by atoms with van der Waals surface area (Å²) in [6.07, 6.45) is 0.956. The Morgan fingerprint density at radius 3 is 2.68 bits per heavy atom. The van der Waals surface area contributed by atoms with Crippen LogP contribution < -0.4 is 14.8 Å². The zero-order valence-corrected chi connectivity index (χ0v) is 13.1. The van der Waals surface area contributed by atoms with Crippen LogP contribution >= 0.6 is 15.9 Å². The van der Waals surface area contributed by atoms with E-state index in [0.717, 1.165) is 28.0 Å². The summed E-state index contributed by atoms with van der Waals surface area (Å²) in [6, 6.07) is 3.99. The van der Waals surface area contributed by atoms with E-state index in [-0.39, 0.29) is 6.61 Å². The van der Waals surface area contributed by atoms with Crippen LogP contribution in [0.2, 0.25) is 0 Å². The molecule has 0 saturated carbocycles. The highest BCUT2D eigenvalue weighted by Crippen LogP contribution is 2.37. The second kappa shape index (κ2) is 9.18. The number of rotatable bonds is 9. The number of aliphatic hydroxyl groups is 1. The second-order valence-electron chi connectivity index (χ2n) is 4.09. The van der Waals surface area contributed by atoms with Crippen molar-refractivity contribution in [2.45, 2.75) is 26.8 Å². The monoisotopic (exact) mass is 331 g/mol. The minimum absolute atomic E-state index is 0.136. The number of ether oxygens (including phenoxy) is 2. The third-order valence-corrected chi connectivity index (χ3v) is 3.03. The number of nitrogens with one attached hydrogen (secondary N) is 1. The molecule has 0 saturated heterocycles. The van der Waals surface area contributed by atoms with E-state index in [1.54, 1.807) is 0 Å². The molecule has 1 aromatic rings. The summed E-state index contributed by atoms with van der Waals surface area (Å²) in [5.74, 6) is 1.51. The summed E-state index contributed by atoms with van der Waals surface area (Å²) in [7, 11) is 0. The number of halogens is 1. The summed E-state index contributed by atoms with van der Waals surface area (Å²) in [6.45, 7) is 6.69. The fourth-order valence-corrected chi connectivity index (χ4v) is 2.25. The SMILES string of the molecule is CCCOc1c(Br)cc(CNCCO)cc1OCC. The van der Waals surface area contributed by atoms with Crippen molar-refractivity contribution in [2.24, 2.45) is 0 Å². The molecule has 4 nitrogen and oxygen atoms in total. The van der Waals surface area contributed by atoms with E-state index in [9.17, 15) is 0 Å². The van der Waals surface area contributed by atoms with Crippen molar-refractivity contribution < 1.29 is 14.6 Å². The number of benzene rings is 1. The van der Waals surface area contributed by atoms with Crippen molar-refractivity contribution >= 4 is 15.9 Å². The van der Waals surface area contributed by atoms with Crippen molar-refractivity contribution in [1.82, 2.24) is 5.32 Å². The van der Waals surface area contributed by atoms with Gasteiger partial charge in [-0.15, -0.1) is 0 Å². The molecule has 19 heavy (non-hydrogen) atoms. The van der Waals surface area contributed by atoms with E-state index < -0.39 is 0 Å². The zero-order valence-electron chi connectivity index (χ0n) is 11.5. The first-order chi connectivity index (χ1) is 9.22. The Hall–Kier alpha value is -0.780. The summed E-state index contributed by atoms with van der Waals surface area (Å²) < 4.78 is 12.2. The number of hydrogen-bond acceptors (Lipinski definition) is 4. The Bertz CT molecular complexity index is 385. The lowest BCUT2D eigenvalue weighted by Crippen LogP contribution is -2.17. The first kappa shape index (κ1) is 16.3. The molecule has 2 N–H and O–H groups in total. The van der Waals surface area contributed by atoms with Gasteiger partial charge >= 0.3 is 0 Å². The Kier molecular flexibility index (Phi) is 7.86. The van der Waals surface area contributed by atoms with Gasteiger partial charge in [0, 0.05) is 13.1 Å². The molecule has 0 spiro atoms. The van der Waals surface area contributed by atoms with Gasteiger partial charge in [0.2, 0.25) is 0 Å². The Morgan fingerprint density at radius 2 is 2.05 bits per heavy atom. The highest BCUT2D eigenvalue weighted by Gasteiger charge is 2.11. The van der Waals surface area contributed by atoms with E-state index in [2.05, 4.69) is 28.2 Å². The third kappa shape index (κ3) is 5.38. The standard InChI is InChI=1S/C14H22BrNO3/c1-3-7-19-14-12(15)8-11(10-16-5-6-17)9-13(14)18-4-2/h8-9,16-17H,3-7,10H2,1-2H3. The van der Waals surface area contributed by atoms with Gasteiger partial charge in [0.05, 0.1) is 24.3 Å². The highest BCUT2D eigenvalue weighted by atomic mass is 79.9. The molecule has 0 aliphatic heterocycles. The molecule has 0 unspecified atom stereocenters. The fraction of sp³-hybridized carbons (Fsp3) is 0.571. The molecule has 0 amide bonds. The van der Waals surface area contributed by atoms with Crippen molar-refractivity contribution in [2.75, 3.05) is 26.4 Å². The molecule has 1 rings (SSSR count). The average Bonchev–Trinajstić information content (AvgIpc) is 2.38. The van der Waals surface area contributed by atoms with Crippen LogP contribution in [-0.4, -0.2) is 31.5 Å². The number of aliphatic hydroxyl groups excluding tert-OH is 1. The quantitative estimate of drug-likeness (QED) is 0.683. The fourth-order valence-electron chi connectivity index (χ4n) is 1.64. The molecular formula is C14H22BrNO3. The molecule has 0 radical (unpaired) electrons. The molecule has 0 fully saturated rings. The summed E-state index contributed by atoms with van der Waals surface area (Å²) >= 11 is 3.52. The van der Waals surface area contributed by atoms with Gasteiger partial charge in [0.25, 0.3) is 0 Å². The minimum Gasteiger partial charge on any atom is -0.490 e. The lowest BCUT2D eigenvalue weighted by molar-refractivity contribution is 0.274. The predicted molar refractivity (Wildman–Crippen MR) is 79.9 cm³/mol. The van der Waals surface area contributed by atoms with Gasteiger partial charge in [-0.25, -0.2) is 0 Å². The van der Waals surface area contributed by atoms with Crippen LogP contribution in [0.4, 0.5) is 0 Å². The van der Waals surface area contributed by atoms with Gasteiger partial charge in [-0.05, 0) is 47.0 Å². The van der Waals surface area contributed by atoms with Crippen molar-refractivity contribution in [3.8, 4) is 11.5 Å². The van der Waals surface area contributed by atoms with Crippen LogP contribution in [0.15, 0.2) is 16.6 Å². The van der Waals surface area contributed by atoms with Crippen LogP contribution in [-0.2, 0) is 6.54 Å². The van der Waals surface area contributed by atoms with Gasteiger partial charge in [-0.2, -0.15) is 0 Å². The zero-order chi connectivity index (χ0) is 14.1. The van der Waals surface area contributed by atoms with Gasteiger partial charge in [-0.3, -0.25) is 0 Å². The van der Waals surface area contributed by atoms with Crippen LogP contribution in [0.3, 0.4) is 0 Å². The molecule has 0 heterocycles. The third-order valence-electron chi connectivity index (χ3n) is 2.44. The van der Waals surface area contributed by atoms with Crippen LogP contribution in [0.5, 0.6) is 11.5 Å². The molecule has 0 bridgehead atoms. The molecule has 108 valence electrons. The van der Waals surface area contributed by atoms with Crippen LogP contribution in [0.1, 0.15) is 25.8 Å². The summed E-state index contributed by atoms with van der Waals surface area (Å²) in [5.41, 5.74) is 1.09. The number of hydrogen-bond donors (Lipinski definition) is 2. The van der Waals surface area contributed by atoms with E-state index >= 15 is 0 Å². The molecular weight excluding hydrogens is 310 g/mol. The molecule has 0 aliphatic rings. The van der Waals surface area contributed by atoms with Crippen LogP contribution in [0, 0.1) is 0 Å². The molecule has 0 aliphatic carbocycles. The van der Waals surface area contributed by atoms with Gasteiger partial charge in [0.15, 0.2) is 11.5 Å². The van der Waals surface area contributed by atoms with E-state index in [1.807, 2.05) is 19.1 Å². The predicted octanol–water partition coefficient (Wildman–Crippen LogP) is 2.72. The maximum atomic E-state index is 8.76. The van der Waals surface area contributed by atoms with Crippen molar-refractivity contribution in [3.05, 3.63) is 22.2 Å². The maximum absolute atomic E-state index is 8.76. The smallest absolute Gasteiger partial charge is 0.175 e. The van der Waals surface area contributed by atoms with E-state index in [4.69, 9.17) is 14.6 Å². The average molecular weight is 332 g/mol. The summed E-state index contributed by atoms with van der Waals surface area (Å²) in [4.78, 5) is 0. The van der Waals surface area contributed by atoms with Gasteiger partial charge < -0.3 is 19.9 Å². The first-order valence-corrected chi connectivity index (χ1v) is 7.41. The lowest BCUT2D eigenvalue weighted by Gasteiger charge is -2.15. The Morgan fingerprint density at radius 1 is 1.26 bits per heavy atom. The maximum Gasteiger partial charge on any atom is 0.175 e. The molecule has 0 atom stereocenters. The molecule has 0 aromatic heterocycles. The van der Waals surface area contributed by atoms with E-state index in [1.165, 1.54) is 0 Å². The van der Waals surface area contributed by atoms with E-state index in [0.29, 0.717) is 26.3 Å². The normalized spacial score (nSPS) is 10.5. The first-order valence-electron chi connectivity index (χ1n) is 6.62. The second-order valence-corrected chi connectivity index (χ2v) is 4.94. The van der Waals surface area contributed by atoms with Gasteiger partial charge in [0.1, 0.15) is 0 Å². The molecule has 5 heteroatoms. The van der Waals surface area contributed by atoms with Crippen LogP contribution in [0.25, 0.3) is 0 Å². The molecule has 1 aromatic carbocycles. The highest BCUT2D eigenvalue weighted by molar-refractivity contribution is 9.10. The van der Waals surface area contributed by atoms with Crippen molar-refractivity contribution in [3.63, 3.8) is 0 Å². The largest absolute Gasteiger partial charge is 0.490 e. The minimum atomic E-state index is 0.136. The van der Waals surface area contributed by atoms with Crippen molar-refractivity contribution in [1.29, 1.82) is 0 Å². The summed E-state index contributed by atoms with van der Waals surface area (Å²) in [5, 5.41) is 11.9.